The van der Waals surface area contributed by atoms with Crippen molar-refractivity contribution in [2.75, 3.05) is 0 Å². The van der Waals surface area contributed by atoms with E-state index in [2.05, 4.69) is 50.7 Å². The number of alkyl halides is 1. The Bertz CT molecular complexity index is 539. The molecule has 88 valence electrons. The fourth-order valence-electron chi connectivity index (χ4n) is 1.69. The Balaban J connectivity index is 2.40. The van der Waals surface area contributed by atoms with Crippen LogP contribution in [0, 0.1) is 16.3 Å². The third kappa shape index (κ3) is 2.88. The number of hydrogen-bond donors (Lipinski definition) is 0. The minimum Gasteiger partial charge on any atom is -0.207 e. The van der Waals surface area contributed by atoms with E-state index in [-0.39, 0.29) is 10.6 Å². The van der Waals surface area contributed by atoms with Gasteiger partial charge in [0.25, 0.3) is 0 Å². The van der Waals surface area contributed by atoms with Gasteiger partial charge in [-0.2, -0.15) is 0 Å². The molecule has 2 rings (SSSR count). The van der Waals surface area contributed by atoms with Crippen LogP contribution in [0.3, 0.4) is 0 Å². The van der Waals surface area contributed by atoms with Crippen LogP contribution < -0.4 is 0 Å². The maximum absolute atomic E-state index is 13.2. The fourth-order valence-corrected chi connectivity index (χ4v) is 3.50. The molecule has 0 saturated carbocycles. The minimum atomic E-state index is -0.156. The van der Waals surface area contributed by atoms with E-state index in [1.165, 1.54) is 15.2 Å². The zero-order valence-electron chi connectivity index (χ0n) is 9.25. The lowest BCUT2D eigenvalue weighted by Gasteiger charge is -2.13. The molecular weight excluding hydrogens is 394 g/mol. The Morgan fingerprint density at radius 2 is 1.88 bits per heavy atom. The van der Waals surface area contributed by atoms with Crippen molar-refractivity contribution in [3.8, 4) is 0 Å². The van der Waals surface area contributed by atoms with E-state index in [0.29, 0.717) is 5.56 Å². The van der Waals surface area contributed by atoms with E-state index in [0.717, 1.165) is 5.56 Å². The molecule has 0 aromatic heterocycles. The molecule has 2 aromatic carbocycles. The van der Waals surface area contributed by atoms with Crippen molar-refractivity contribution in [2.45, 2.75) is 11.8 Å². The van der Waals surface area contributed by atoms with Gasteiger partial charge in [0.1, 0.15) is 5.82 Å². The van der Waals surface area contributed by atoms with Gasteiger partial charge < -0.3 is 0 Å². The highest BCUT2D eigenvalue weighted by atomic mass is 127. The molecule has 0 nitrogen and oxygen atoms in total. The molecule has 3 heteroatoms. The van der Waals surface area contributed by atoms with Gasteiger partial charge in [0, 0.05) is 3.57 Å². The molecule has 0 bridgehead atoms. The summed E-state index contributed by atoms with van der Waals surface area (Å²) in [6.07, 6.45) is 0. The van der Waals surface area contributed by atoms with Gasteiger partial charge in [0.15, 0.2) is 0 Å². The second-order valence-electron chi connectivity index (χ2n) is 3.89. The van der Waals surface area contributed by atoms with E-state index in [4.69, 9.17) is 0 Å². The molecule has 0 N–H and O–H groups in total. The SMILES string of the molecule is Cc1cc(C(Br)c2ccccc2I)ccc1F. The molecule has 1 unspecified atom stereocenters. The van der Waals surface area contributed by atoms with Crippen LogP contribution in [0.25, 0.3) is 0 Å². The molecule has 1 atom stereocenters. The Morgan fingerprint density at radius 3 is 2.53 bits per heavy atom. The predicted molar refractivity (Wildman–Crippen MR) is 81.1 cm³/mol. The number of benzene rings is 2. The van der Waals surface area contributed by atoms with Crippen LogP contribution in [0.4, 0.5) is 4.39 Å². The Kier molecular flexibility index (Phi) is 4.20. The van der Waals surface area contributed by atoms with E-state index in [1.54, 1.807) is 6.92 Å². The second-order valence-corrected chi connectivity index (χ2v) is 5.97. The Morgan fingerprint density at radius 1 is 1.18 bits per heavy atom. The first-order valence-electron chi connectivity index (χ1n) is 5.24. The zero-order chi connectivity index (χ0) is 12.4. The van der Waals surface area contributed by atoms with Crippen molar-refractivity contribution in [3.63, 3.8) is 0 Å². The monoisotopic (exact) mass is 404 g/mol. The fraction of sp³-hybridized carbons (Fsp3) is 0.143. The summed E-state index contributed by atoms with van der Waals surface area (Å²) in [5.74, 6) is -0.156. The quantitative estimate of drug-likeness (QED) is 0.475. The van der Waals surface area contributed by atoms with Gasteiger partial charge in [-0.1, -0.05) is 46.3 Å². The first-order chi connectivity index (χ1) is 8.09. The van der Waals surface area contributed by atoms with E-state index in [9.17, 15) is 4.39 Å². The number of halogens is 3. The molecule has 0 heterocycles. The molecule has 0 spiro atoms. The molecule has 0 fully saturated rings. The molecule has 0 saturated heterocycles. The molecule has 17 heavy (non-hydrogen) atoms. The molecular formula is C14H11BrFI. The van der Waals surface area contributed by atoms with Gasteiger partial charge in [-0.15, -0.1) is 0 Å². The summed E-state index contributed by atoms with van der Waals surface area (Å²) in [4.78, 5) is 0.106. The Labute approximate surface area is 123 Å². The van der Waals surface area contributed by atoms with Gasteiger partial charge in [0.05, 0.1) is 4.83 Å². The normalized spacial score (nSPS) is 12.5. The maximum Gasteiger partial charge on any atom is 0.126 e. The van der Waals surface area contributed by atoms with Crippen molar-refractivity contribution in [1.82, 2.24) is 0 Å². The van der Waals surface area contributed by atoms with Crippen LogP contribution in [0.1, 0.15) is 21.5 Å². The minimum absolute atomic E-state index is 0.106. The van der Waals surface area contributed by atoms with Crippen LogP contribution >= 0.6 is 38.5 Å². The van der Waals surface area contributed by atoms with Crippen LogP contribution in [0.5, 0.6) is 0 Å². The lowest BCUT2D eigenvalue weighted by Crippen LogP contribution is -1.97. The average Bonchev–Trinajstić information content (AvgIpc) is 2.32. The molecule has 0 aliphatic heterocycles. The number of aryl methyl sites for hydroxylation is 1. The summed E-state index contributed by atoms with van der Waals surface area (Å²) in [6, 6.07) is 13.4. The summed E-state index contributed by atoms with van der Waals surface area (Å²) in [5, 5.41) is 0. The van der Waals surface area contributed by atoms with Crippen molar-refractivity contribution in [3.05, 3.63) is 68.5 Å². The summed E-state index contributed by atoms with van der Waals surface area (Å²) in [5.41, 5.74) is 2.96. The highest BCUT2D eigenvalue weighted by Gasteiger charge is 2.13. The predicted octanol–water partition coefficient (Wildman–Crippen LogP) is 5.22. The van der Waals surface area contributed by atoms with Gasteiger partial charge in [0.2, 0.25) is 0 Å². The smallest absolute Gasteiger partial charge is 0.126 e. The third-order valence-corrected chi connectivity index (χ3v) is 4.66. The van der Waals surface area contributed by atoms with E-state index in [1.807, 2.05) is 24.3 Å². The van der Waals surface area contributed by atoms with Crippen LogP contribution in [0.2, 0.25) is 0 Å². The molecule has 0 amide bonds. The van der Waals surface area contributed by atoms with Crippen LogP contribution in [-0.4, -0.2) is 0 Å². The van der Waals surface area contributed by atoms with Gasteiger partial charge in [-0.25, -0.2) is 4.39 Å². The highest BCUT2D eigenvalue weighted by molar-refractivity contribution is 14.1. The largest absolute Gasteiger partial charge is 0.207 e. The van der Waals surface area contributed by atoms with E-state index < -0.39 is 0 Å². The molecule has 0 radical (unpaired) electrons. The molecule has 0 aliphatic rings. The lowest BCUT2D eigenvalue weighted by atomic mass is 10.0. The van der Waals surface area contributed by atoms with Crippen molar-refractivity contribution in [2.24, 2.45) is 0 Å². The standard InChI is InChI=1S/C14H11BrFI/c1-9-8-10(6-7-12(9)16)14(15)11-4-2-3-5-13(11)17/h2-8,14H,1H3. The first-order valence-corrected chi connectivity index (χ1v) is 7.23. The number of rotatable bonds is 2. The first kappa shape index (κ1) is 13.0. The molecule has 0 aliphatic carbocycles. The van der Waals surface area contributed by atoms with Gasteiger partial charge in [-0.3, -0.25) is 0 Å². The maximum atomic E-state index is 13.2. The van der Waals surface area contributed by atoms with Crippen molar-refractivity contribution >= 4 is 38.5 Å². The highest BCUT2D eigenvalue weighted by Crippen LogP contribution is 2.34. The molecule has 2 aromatic rings. The lowest BCUT2D eigenvalue weighted by molar-refractivity contribution is 0.617. The van der Waals surface area contributed by atoms with Crippen molar-refractivity contribution in [1.29, 1.82) is 0 Å². The van der Waals surface area contributed by atoms with Gasteiger partial charge >= 0.3 is 0 Å². The van der Waals surface area contributed by atoms with Crippen LogP contribution in [-0.2, 0) is 0 Å². The van der Waals surface area contributed by atoms with Crippen molar-refractivity contribution < 1.29 is 4.39 Å². The zero-order valence-corrected chi connectivity index (χ0v) is 13.0. The summed E-state index contributed by atoms with van der Waals surface area (Å²) < 4.78 is 14.4. The van der Waals surface area contributed by atoms with Gasteiger partial charge in [-0.05, 0) is 58.3 Å². The van der Waals surface area contributed by atoms with E-state index >= 15 is 0 Å². The average molecular weight is 405 g/mol. The number of hydrogen-bond acceptors (Lipinski definition) is 0. The summed E-state index contributed by atoms with van der Waals surface area (Å²) >= 11 is 5.99. The second kappa shape index (κ2) is 5.48. The summed E-state index contributed by atoms with van der Waals surface area (Å²) in [6.45, 7) is 1.79. The Hall–Kier alpha value is -0.420. The van der Waals surface area contributed by atoms with Crippen LogP contribution in [0.15, 0.2) is 42.5 Å². The summed E-state index contributed by atoms with van der Waals surface area (Å²) in [7, 11) is 0. The third-order valence-electron chi connectivity index (χ3n) is 2.65. The topological polar surface area (TPSA) is 0 Å².